The van der Waals surface area contributed by atoms with E-state index in [-0.39, 0.29) is 12.2 Å². The van der Waals surface area contributed by atoms with Gasteiger partial charge in [-0.25, -0.2) is 0 Å². The van der Waals surface area contributed by atoms with Crippen LogP contribution in [0.1, 0.15) is 16.9 Å². The zero-order valence-electron chi connectivity index (χ0n) is 11.4. The van der Waals surface area contributed by atoms with E-state index in [0.717, 1.165) is 47.4 Å². The number of halogens is 1. The molecule has 21 heavy (non-hydrogen) atoms. The van der Waals surface area contributed by atoms with Gasteiger partial charge in [0.1, 0.15) is 6.42 Å². The zero-order valence-corrected chi connectivity index (χ0v) is 12.9. The highest BCUT2D eigenvalue weighted by molar-refractivity contribution is 9.10. The molecule has 3 rings (SSSR count). The highest BCUT2D eigenvalue weighted by Crippen LogP contribution is 2.32. The Morgan fingerprint density at radius 3 is 2.86 bits per heavy atom. The van der Waals surface area contributed by atoms with Gasteiger partial charge in [0.2, 0.25) is 0 Å². The lowest BCUT2D eigenvalue weighted by Crippen LogP contribution is -2.36. The molecule has 108 valence electrons. The number of nitriles is 1. The van der Waals surface area contributed by atoms with Crippen LogP contribution < -0.4 is 4.90 Å². The number of hydrogen-bond donors (Lipinski definition) is 1. The van der Waals surface area contributed by atoms with Gasteiger partial charge >= 0.3 is 0 Å². The van der Waals surface area contributed by atoms with E-state index in [9.17, 15) is 4.79 Å². The van der Waals surface area contributed by atoms with E-state index >= 15 is 0 Å². The Kier molecular flexibility index (Phi) is 3.95. The van der Waals surface area contributed by atoms with Crippen molar-refractivity contribution in [3.05, 3.63) is 28.4 Å². The third-order valence-corrected chi connectivity index (χ3v) is 4.22. The largest absolute Gasteiger partial charge is 0.378 e. The molecule has 2 aromatic rings. The summed E-state index contributed by atoms with van der Waals surface area (Å²) >= 11 is 3.59. The minimum Gasteiger partial charge on any atom is -0.378 e. The van der Waals surface area contributed by atoms with Crippen molar-refractivity contribution in [2.75, 3.05) is 31.2 Å². The molecule has 0 bridgehead atoms. The van der Waals surface area contributed by atoms with Crippen molar-refractivity contribution in [1.82, 2.24) is 4.98 Å². The smallest absolute Gasteiger partial charge is 0.193 e. The van der Waals surface area contributed by atoms with Gasteiger partial charge in [-0.3, -0.25) is 4.79 Å². The normalized spacial score (nSPS) is 15.1. The maximum absolute atomic E-state index is 11.8. The van der Waals surface area contributed by atoms with Gasteiger partial charge in [-0.2, -0.15) is 5.26 Å². The van der Waals surface area contributed by atoms with Crippen molar-refractivity contribution in [3.63, 3.8) is 0 Å². The topological polar surface area (TPSA) is 69.1 Å². The second kappa shape index (κ2) is 5.88. The van der Waals surface area contributed by atoms with Gasteiger partial charge in [0.25, 0.3) is 0 Å². The van der Waals surface area contributed by atoms with Crippen molar-refractivity contribution >= 4 is 38.3 Å². The molecule has 5 nitrogen and oxygen atoms in total. The minimum absolute atomic E-state index is 0.107. The molecule has 1 fully saturated rings. The van der Waals surface area contributed by atoms with Gasteiger partial charge in [-0.05, 0) is 34.1 Å². The van der Waals surface area contributed by atoms with E-state index < -0.39 is 0 Å². The van der Waals surface area contributed by atoms with Crippen molar-refractivity contribution < 1.29 is 9.53 Å². The predicted molar refractivity (Wildman–Crippen MR) is 83.6 cm³/mol. The van der Waals surface area contributed by atoms with Gasteiger partial charge in [0.05, 0.1) is 30.7 Å². The first kappa shape index (κ1) is 14.1. The van der Waals surface area contributed by atoms with Crippen LogP contribution >= 0.6 is 15.9 Å². The van der Waals surface area contributed by atoms with Crippen LogP contribution in [0, 0.1) is 11.3 Å². The molecule has 0 atom stereocenters. The molecule has 1 aromatic heterocycles. The van der Waals surface area contributed by atoms with Gasteiger partial charge < -0.3 is 14.6 Å². The van der Waals surface area contributed by atoms with Crippen molar-refractivity contribution in [3.8, 4) is 6.07 Å². The molecule has 0 unspecified atom stereocenters. The number of morpholine rings is 1. The first-order valence-electron chi connectivity index (χ1n) is 6.74. The summed E-state index contributed by atoms with van der Waals surface area (Å²) in [5.41, 5.74) is 2.47. The monoisotopic (exact) mass is 347 g/mol. The van der Waals surface area contributed by atoms with Crippen LogP contribution in [0.5, 0.6) is 0 Å². The second-order valence-electron chi connectivity index (χ2n) is 4.93. The van der Waals surface area contributed by atoms with Gasteiger partial charge in [0.15, 0.2) is 5.78 Å². The van der Waals surface area contributed by atoms with E-state index in [4.69, 9.17) is 10.00 Å². The van der Waals surface area contributed by atoms with Gasteiger partial charge in [-0.1, -0.05) is 0 Å². The molecule has 1 saturated heterocycles. The Morgan fingerprint density at radius 2 is 2.14 bits per heavy atom. The highest BCUT2D eigenvalue weighted by atomic mass is 79.9. The fraction of sp³-hybridized carbons (Fsp3) is 0.333. The van der Waals surface area contributed by atoms with E-state index in [1.54, 1.807) is 0 Å². The molecule has 6 heteroatoms. The lowest BCUT2D eigenvalue weighted by Gasteiger charge is -2.29. The minimum atomic E-state index is -0.183. The summed E-state index contributed by atoms with van der Waals surface area (Å²) < 4.78 is 6.36. The number of hydrogen-bond acceptors (Lipinski definition) is 4. The number of carbonyl (C=O) groups excluding carboxylic acids is 1. The molecule has 0 spiro atoms. The zero-order chi connectivity index (χ0) is 14.8. The van der Waals surface area contributed by atoms with E-state index in [1.807, 2.05) is 18.2 Å². The molecular formula is C15H14BrN3O2. The predicted octanol–water partition coefficient (Wildman–Crippen LogP) is 2.86. The Bertz CT molecular complexity index is 726. The number of anilines is 1. The standard InChI is InChI=1S/C15H14BrN3O2/c16-11-9-12-10(7-13(18-12)15(20)1-2-17)8-14(11)19-3-5-21-6-4-19/h7-9,18H,1,3-6H2. The molecule has 0 radical (unpaired) electrons. The Labute approximate surface area is 130 Å². The number of fused-ring (bicyclic) bond motifs is 1. The van der Waals surface area contributed by atoms with Gasteiger partial charge in [0, 0.05) is 28.5 Å². The van der Waals surface area contributed by atoms with E-state index in [0.29, 0.717) is 5.69 Å². The Hall–Kier alpha value is -1.84. The maximum atomic E-state index is 11.8. The van der Waals surface area contributed by atoms with Gasteiger partial charge in [-0.15, -0.1) is 0 Å². The second-order valence-corrected chi connectivity index (χ2v) is 5.79. The lowest BCUT2D eigenvalue weighted by atomic mass is 10.2. The average Bonchev–Trinajstić information content (AvgIpc) is 2.90. The summed E-state index contributed by atoms with van der Waals surface area (Å²) in [4.78, 5) is 17.1. The molecule has 1 N–H and O–H groups in total. The van der Waals surface area contributed by atoms with Crippen LogP contribution in [-0.4, -0.2) is 37.1 Å². The SMILES string of the molecule is N#CCC(=O)c1cc2cc(N3CCOCC3)c(Br)cc2[nH]1. The average molecular weight is 348 g/mol. The Balaban J connectivity index is 1.98. The lowest BCUT2D eigenvalue weighted by molar-refractivity contribution is 0.0994. The van der Waals surface area contributed by atoms with Crippen LogP contribution in [0.4, 0.5) is 5.69 Å². The summed E-state index contributed by atoms with van der Waals surface area (Å²) in [6.45, 7) is 3.16. The number of nitrogens with zero attached hydrogens (tertiary/aromatic N) is 2. The molecular weight excluding hydrogens is 334 g/mol. The summed E-state index contributed by atoms with van der Waals surface area (Å²) in [7, 11) is 0. The molecule has 0 aliphatic carbocycles. The summed E-state index contributed by atoms with van der Waals surface area (Å²) in [6, 6.07) is 7.73. The van der Waals surface area contributed by atoms with Crippen LogP contribution in [0.25, 0.3) is 10.9 Å². The number of aromatic amines is 1. The number of aromatic nitrogens is 1. The van der Waals surface area contributed by atoms with Crippen LogP contribution in [0.3, 0.4) is 0 Å². The molecule has 1 aromatic carbocycles. The quantitative estimate of drug-likeness (QED) is 0.866. The third-order valence-electron chi connectivity index (χ3n) is 3.58. The highest BCUT2D eigenvalue weighted by Gasteiger charge is 2.16. The number of H-pyrrole nitrogens is 1. The summed E-state index contributed by atoms with van der Waals surface area (Å²) in [5.74, 6) is -0.183. The molecule has 2 heterocycles. The van der Waals surface area contributed by atoms with Crippen molar-refractivity contribution in [2.45, 2.75) is 6.42 Å². The molecule has 1 aliphatic heterocycles. The van der Waals surface area contributed by atoms with E-state index in [2.05, 4.69) is 31.9 Å². The van der Waals surface area contributed by atoms with Crippen LogP contribution in [-0.2, 0) is 4.74 Å². The maximum Gasteiger partial charge on any atom is 0.193 e. The molecule has 0 saturated carbocycles. The first-order chi connectivity index (χ1) is 10.2. The Morgan fingerprint density at radius 1 is 1.38 bits per heavy atom. The number of carbonyl (C=O) groups is 1. The van der Waals surface area contributed by atoms with Crippen LogP contribution in [0.15, 0.2) is 22.7 Å². The number of nitrogens with one attached hydrogen (secondary N) is 1. The first-order valence-corrected chi connectivity index (χ1v) is 7.53. The number of ketones is 1. The fourth-order valence-electron chi connectivity index (χ4n) is 2.51. The number of benzene rings is 1. The third kappa shape index (κ3) is 2.80. The van der Waals surface area contributed by atoms with Crippen molar-refractivity contribution in [1.29, 1.82) is 5.26 Å². The summed E-state index contributed by atoms with van der Waals surface area (Å²) in [6.07, 6.45) is -0.107. The van der Waals surface area contributed by atoms with E-state index in [1.165, 1.54) is 0 Å². The summed E-state index contributed by atoms with van der Waals surface area (Å²) in [5, 5.41) is 9.59. The fourth-order valence-corrected chi connectivity index (χ4v) is 3.10. The number of Topliss-reactive ketones (excluding diaryl/α,β-unsaturated/α-hetero) is 1. The molecule has 1 aliphatic rings. The van der Waals surface area contributed by atoms with Crippen molar-refractivity contribution in [2.24, 2.45) is 0 Å². The molecule has 0 amide bonds. The number of rotatable bonds is 3. The van der Waals surface area contributed by atoms with Crippen LogP contribution in [0.2, 0.25) is 0 Å². The number of ether oxygens (including phenoxy) is 1.